The molecule has 2 heterocycles. The Kier molecular flexibility index (Phi) is 4.08. The van der Waals surface area contributed by atoms with E-state index in [2.05, 4.69) is 15.2 Å². The number of nitrogens with two attached hydrogens (primary N) is 1. The van der Waals surface area contributed by atoms with Gasteiger partial charge in [0.2, 0.25) is 0 Å². The molecule has 106 valence electrons. The number of H-pyrrole nitrogens is 1. The molecule has 0 spiro atoms. The number of rotatable bonds is 4. The molecule has 0 unspecified atom stereocenters. The van der Waals surface area contributed by atoms with Crippen molar-refractivity contribution in [3.8, 4) is 0 Å². The third kappa shape index (κ3) is 2.67. The molecule has 9 heteroatoms. The zero-order chi connectivity index (χ0) is 14.7. The molecular formula is C11H13N5O3S. The summed E-state index contributed by atoms with van der Waals surface area (Å²) >= 11 is 1.09. The van der Waals surface area contributed by atoms with E-state index in [1.54, 1.807) is 14.0 Å². The first-order valence-corrected chi connectivity index (χ1v) is 6.57. The number of carbonyl (C=O) groups is 1. The third-order valence-corrected chi connectivity index (χ3v) is 3.54. The minimum atomic E-state index is -0.509. The topological polar surface area (TPSA) is 116 Å². The summed E-state index contributed by atoms with van der Waals surface area (Å²) in [6, 6.07) is 1.49. The zero-order valence-corrected chi connectivity index (χ0v) is 11.7. The van der Waals surface area contributed by atoms with Crippen LogP contribution in [0.3, 0.4) is 0 Å². The fourth-order valence-electron chi connectivity index (χ4n) is 1.43. The first-order chi connectivity index (χ1) is 9.54. The van der Waals surface area contributed by atoms with Gasteiger partial charge in [0.25, 0.3) is 0 Å². The van der Waals surface area contributed by atoms with Crippen molar-refractivity contribution in [2.45, 2.75) is 17.1 Å². The number of hydrogen-bond donors (Lipinski definition) is 2. The standard InChI is InChI=1S/C11H13N5O3S/c1-3-19-9(17)6-4-5-13-8(7(6)12)20-11-15-14-10(18)16(11)2/h4-5H,3,12H2,1-2H3,(H,14,18). The van der Waals surface area contributed by atoms with Crippen molar-refractivity contribution in [2.75, 3.05) is 12.3 Å². The number of nitrogens with zero attached hydrogens (tertiary/aromatic N) is 3. The number of anilines is 1. The Morgan fingerprint density at radius 2 is 2.35 bits per heavy atom. The lowest BCUT2D eigenvalue weighted by molar-refractivity contribution is 0.0527. The van der Waals surface area contributed by atoms with Gasteiger partial charge in [-0.05, 0) is 24.8 Å². The molecule has 0 amide bonds. The minimum absolute atomic E-state index is 0.200. The summed E-state index contributed by atoms with van der Waals surface area (Å²) in [5.41, 5.74) is 6.01. The molecule has 2 aromatic rings. The zero-order valence-electron chi connectivity index (χ0n) is 10.9. The lowest BCUT2D eigenvalue weighted by Crippen LogP contribution is -2.13. The van der Waals surface area contributed by atoms with Crippen LogP contribution in [0.5, 0.6) is 0 Å². The van der Waals surface area contributed by atoms with E-state index in [9.17, 15) is 9.59 Å². The number of hydrogen-bond acceptors (Lipinski definition) is 7. The van der Waals surface area contributed by atoms with Gasteiger partial charge in [-0.2, -0.15) is 0 Å². The summed E-state index contributed by atoms with van der Waals surface area (Å²) in [6.45, 7) is 1.97. The van der Waals surface area contributed by atoms with Gasteiger partial charge >= 0.3 is 11.7 Å². The van der Waals surface area contributed by atoms with E-state index in [0.29, 0.717) is 10.2 Å². The number of aromatic amines is 1. The van der Waals surface area contributed by atoms with Crippen molar-refractivity contribution in [1.82, 2.24) is 19.7 Å². The molecule has 0 saturated heterocycles. The Labute approximate surface area is 118 Å². The van der Waals surface area contributed by atoms with E-state index in [4.69, 9.17) is 10.5 Å². The fourth-order valence-corrected chi connectivity index (χ4v) is 2.25. The summed E-state index contributed by atoms with van der Waals surface area (Å²) in [5, 5.41) is 6.93. The molecule has 2 aromatic heterocycles. The van der Waals surface area contributed by atoms with E-state index in [-0.39, 0.29) is 23.5 Å². The van der Waals surface area contributed by atoms with E-state index >= 15 is 0 Å². The van der Waals surface area contributed by atoms with E-state index in [1.807, 2.05) is 0 Å². The molecule has 0 aliphatic heterocycles. The van der Waals surface area contributed by atoms with Gasteiger partial charge in [-0.1, -0.05) is 0 Å². The average molecular weight is 295 g/mol. The van der Waals surface area contributed by atoms with E-state index < -0.39 is 5.97 Å². The molecule has 0 bridgehead atoms. The van der Waals surface area contributed by atoms with Gasteiger partial charge < -0.3 is 10.5 Å². The maximum absolute atomic E-state index is 11.7. The van der Waals surface area contributed by atoms with Crippen LogP contribution in [-0.4, -0.2) is 32.3 Å². The Bertz CT molecular complexity index is 694. The van der Waals surface area contributed by atoms with Crippen LogP contribution < -0.4 is 11.4 Å². The van der Waals surface area contributed by atoms with Crippen molar-refractivity contribution < 1.29 is 9.53 Å². The molecule has 2 rings (SSSR count). The van der Waals surface area contributed by atoms with Gasteiger partial charge in [-0.15, -0.1) is 5.10 Å². The van der Waals surface area contributed by atoms with E-state index in [1.165, 1.54) is 16.8 Å². The van der Waals surface area contributed by atoms with Crippen molar-refractivity contribution >= 4 is 23.4 Å². The molecule has 8 nitrogen and oxygen atoms in total. The van der Waals surface area contributed by atoms with Gasteiger partial charge in [0.15, 0.2) is 5.16 Å². The lowest BCUT2D eigenvalue weighted by atomic mass is 10.2. The Balaban J connectivity index is 2.34. The van der Waals surface area contributed by atoms with Gasteiger partial charge in [0, 0.05) is 13.2 Å². The number of carbonyl (C=O) groups excluding carboxylic acids is 1. The highest BCUT2D eigenvalue weighted by Gasteiger charge is 2.17. The fraction of sp³-hybridized carbons (Fsp3) is 0.273. The third-order valence-electron chi connectivity index (χ3n) is 2.48. The first kappa shape index (κ1) is 14.1. The predicted molar refractivity (Wildman–Crippen MR) is 72.6 cm³/mol. The molecular weight excluding hydrogens is 282 g/mol. The van der Waals surface area contributed by atoms with E-state index in [0.717, 1.165) is 11.8 Å². The van der Waals surface area contributed by atoms with Crippen LogP contribution in [0.25, 0.3) is 0 Å². The summed E-state index contributed by atoms with van der Waals surface area (Å²) < 4.78 is 6.23. The highest BCUT2D eigenvalue weighted by Crippen LogP contribution is 2.30. The van der Waals surface area contributed by atoms with Crippen LogP contribution in [0.2, 0.25) is 0 Å². The van der Waals surface area contributed by atoms with Crippen molar-refractivity contribution in [1.29, 1.82) is 0 Å². The smallest absolute Gasteiger partial charge is 0.343 e. The van der Waals surface area contributed by atoms with Crippen LogP contribution in [0.15, 0.2) is 27.2 Å². The van der Waals surface area contributed by atoms with Crippen LogP contribution in [-0.2, 0) is 11.8 Å². The molecule has 0 aliphatic rings. The second-order valence-corrected chi connectivity index (χ2v) is 4.73. The summed E-state index contributed by atoms with van der Waals surface area (Å²) in [4.78, 5) is 27.1. The SMILES string of the molecule is CCOC(=O)c1ccnc(Sc2n[nH]c(=O)n2C)c1N. The van der Waals surface area contributed by atoms with Gasteiger partial charge in [0.1, 0.15) is 5.03 Å². The molecule has 0 aliphatic carbocycles. The van der Waals surface area contributed by atoms with Crippen molar-refractivity contribution in [3.63, 3.8) is 0 Å². The average Bonchev–Trinajstić information content (AvgIpc) is 2.73. The Hall–Kier alpha value is -2.29. The highest BCUT2D eigenvalue weighted by molar-refractivity contribution is 7.99. The van der Waals surface area contributed by atoms with Gasteiger partial charge in [-0.25, -0.2) is 19.7 Å². The predicted octanol–water partition coefficient (Wildman–Crippen LogP) is 0.414. The largest absolute Gasteiger partial charge is 0.462 e. The summed E-state index contributed by atoms with van der Waals surface area (Å²) in [5.74, 6) is -0.509. The number of nitrogens with one attached hydrogen (secondary N) is 1. The molecule has 0 fully saturated rings. The highest BCUT2D eigenvalue weighted by atomic mass is 32.2. The summed E-state index contributed by atoms with van der Waals surface area (Å²) in [7, 11) is 1.57. The number of nitrogen functional groups attached to an aromatic ring is 1. The maximum Gasteiger partial charge on any atom is 0.343 e. The number of aromatic nitrogens is 4. The quantitative estimate of drug-likeness (QED) is 0.785. The van der Waals surface area contributed by atoms with Crippen LogP contribution in [0, 0.1) is 0 Å². The van der Waals surface area contributed by atoms with Crippen molar-refractivity contribution in [2.24, 2.45) is 7.05 Å². The normalized spacial score (nSPS) is 10.5. The number of pyridine rings is 1. The number of ether oxygens (including phenoxy) is 1. The van der Waals surface area contributed by atoms with Crippen LogP contribution >= 0.6 is 11.8 Å². The Morgan fingerprint density at radius 1 is 1.60 bits per heavy atom. The molecule has 0 atom stereocenters. The van der Waals surface area contributed by atoms with Gasteiger partial charge in [-0.3, -0.25) is 4.57 Å². The second kappa shape index (κ2) is 5.78. The van der Waals surface area contributed by atoms with Gasteiger partial charge in [0.05, 0.1) is 17.9 Å². The molecule has 3 N–H and O–H groups in total. The van der Waals surface area contributed by atoms with Crippen LogP contribution in [0.1, 0.15) is 17.3 Å². The molecule has 0 saturated carbocycles. The second-order valence-electron chi connectivity index (χ2n) is 3.77. The van der Waals surface area contributed by atoms with Crippen LogP contribution in [0.4, 0.5) is 5.69 Å². The summed E-state index contributed by atoms with van der Waals surface area (Å²) in [6.07, 6.45) is 1.45. The van der Waals surface area contributed by atoms with Crippen molar-refractivity contribution in [3.05, 3.63) is 28.3 Å². The molecule has 0 radical (unpaired) electrons. The monoisotopic (exact) mass is 295 g/mol. The minimum Gasteiger partial charge on any atom is -0.462 e. The molecule has 0 aromatic carbocycles. The first-order valence-electron chi connectivity index (χ1n) is 5.75. The molecule has 20 heavy (non-hydrogen) atoms. The maximum atomic E-state index is 11.7. The number of esters is 1. The lowest BCUT2D eigenvalue weighted by Gasteiger charge is -2.08. The Morgan fingerprint density at radius 3 is 2.95 bits per heavy atom.